The zero-order valence-corrected chi connectivity index (χ0v) is 9.02. The Hall–Kier alpha value is -1.27. The second-order valence-corrected chi connectivity index (χ2v) is 3.09. The van der Waals surface area contributed by atoms with Crippen LogP contribution in [-0.2, 0) is 26.0 Å². The Bertz CT molecular complexity index is 389. The highest BCUT2D eigenvalue weighted by Gasteiger charge is 2.09. The number of hydrogen-bond donors (Lipinski definition) is 1. The SMILES string of the molecule is COC(=O)c1ccccc1NN=S=S. The molecule has 0 aromatic heterocycles. The first kappa shape index (κ1) is 10.8. The third-order valence-electron chi connectivity index (χ3n) is 1.54. The molecule has 1 N–H and O–H groups in total. The molecule has 1 rings (SSSR count). The largest absolute Gasteiger partial charge is 0.465 e. The topological polar surface area (TPSA) is 50.7 Å². The Kier molecular flexibility index (Phi) is 4.21. The van der Waals surface area contributed by atoms with Crippen molar-refractivity contribution in [3.05, 3.63) is 29.8 Å². The highest BCUT2D eigenvalue weighted by molar-refractivity contribution is 8.12. The van der Waals surface area contributed by atoms with Gasteiger partial charge in [-0.25, -0.2) is 4.79 Å². The molecule has 0 spiro atoms. The van der Waals surface area contributed by atoms with Crippen LogP contribution in [0.25, 0.3) is 0 Å². The second-order valence-electron chi connectivity index (χ2n) is 2.31. The second kappa shape index (κ2) is 5.46. The predicted octanol–water partition coefficient (Wildman–Crippen LogP) is 1.53. The fourth-order valence-corrected chi connectivity index (χ4v) is 1.18. The number of carbonyl (C=O) groups excluding carboxylic acids is 1. The van der Waals surface area contributed by atoms with Crippen molar-refractivity contribution >= 4 is 33.0 Å². The van der Waals surface area contributed by atoms with E-state index in [0.717, 1.165) is 10.1 Å². The van der Waals surface area contributed by atoms with E-state index in [9.17, 15) is 4.79 Å². The van der Waals surface area contributed by atoms with Crippen LogP contribution in [0.3, 0.4) is 0 Å². The molecule has 0 atom stereocenters. The lowest BCUT2D eigenvalue weighted by molar-refractivity contribution is 0.0602. The molecule has 1 aromatic rings. The number of anilines is 1. The van der Waals surface area contributed by atoms with Crippen LogP contribution in [0.4, 0.5) is 5.69 Å². The van der Waals surface area contributed by atoms with Gasteiger partial charge in [0.1, 0.15) is 0 Å². The molecule has 14 heavy (non-hydrogen) atoms. The van der Waals surface area contributed by atoms with Crippen molar-refractivity contribution in [1.29, 1.82) is 0 Å². The Labute approximate surface area is 89.6 Å². The average molecular weight is 228 g/mol. The van der Waals surface area contributed by atoms with Gasteiger partial charge in [0.25, 0.3) is 0 Å². The third-order valence-corrected chi connectivity index (χ3v) is 1.93. The number of methoxy groups -OCH3 is 1. The molecule has 0 fully saturated rings. The maximum absolute atomic E-state index is 11.3. The molecule has 74 valence electrons. The Morgan fingerprint density at radius 2 is 2.29 bits per heavy atom. The lowest BCUT2D eigenvalue weighted by Crippen LogP contribution is -2.04. The van der Waals surface area contributed by atoms with Crippen LogP contribution in [0, 0.1) is 0 Å². The molecule has 6 heteroatoms. The molecule has 0 aliphatic rings. The van der Waals surface area contributed by atoms with Crippen LogP contribution in [0.1, 0.15) is 10.4 Å². The number of esters is 1. The Balaban J connectivity index is 3.02. The highest BCUT2D eigenvalue weighted by atomic mass is 32.8. The van der Waals surface area contributed by atoms with Gasteiger partial charge in [-0.1, -0.05) is 12.1 Å². The first-order valence-electron chi connectivity index (χ1n) is 3.72. The summed E-state index contributed by atoms with van der Waals surface area (Å²) in [4.78, 5) is 11.3. The normalized spacial score (nSPS) is 8.93. The van der Waals surface area contributed by atoms with E-state index >= 15 is 0 Å². The fourth-order valence-electron chi connectivity index (χ4n) is 0.936. The molecule has 0 aliphatic heterocycles. The average Bonchev–Trinajstić information content (AvgIpc) is 2.25. The van der Waals surface area contributed by atoms with Gasteiger partial charge in [0.15, 0.2) is 0 Å². The summed E-state index contributed by atoms with van der Waals surface area (Å²) in [6.45, 7) is 0. The highest BCUT2D eigenvalue weighted by Crippen LogP contribution is 2.15. The lowest BCUT2D eigenvalue weighted by Gasteiger charge is -2.04. The van der Waals surface area contributed by atoms with Gasteiger partial charge in [-0.2, -0.15) is 0 Å². The smallest absolute Gasteiger partial charge is 0.340 e. The van der Waals surface area contributed by atoms with Gasteiger partial charge in [0.05, 0.1) is 28.5 Å². The maximum Gasteiger partial charge on any atom is 0.340 e. The van der Waals surface area contributed by atoms with E-state index in [4.69, 9.17) is 0 Å². The van der Waals surface area contributed by atoms with Crippen LogP contribution in [-0.4, -0.2) is 13.1 Å². The van der Waals surface area contributed by atoms with Gasteiger partial charge >= 0.3 is 5.97 Å². The van der Waals surface area contributed by atoms with Gasteiger partial charge in [-0.15, -0.1) is 4.47 Å². The summed E-state index contributed by atoms with van der Waals surface area (Å²) < 4.78 is 8.30. The zero-order valence-electron chi connectivity index (χ0n) is 7.39. The minimum Gasteiger partial charge on any atom is -0.465 e. The van der Waals surface area contributed by atoms with E-state index in [1.165, 1.54) is 7.11 Å². The van der Waals surface area contributed by atoms with Gasteiger partial charge in [-0.05, 0) is 12.1 Å². The van der Waals surface area contributed by atoms with Crippen molar-refractivity contribution < 1.29 is 9.53 Å². The summed E-state index contributed by atoms with van der Waals surface area (Å²) in [7, 11) is 2.20. The molecule has 4 nitrogen and oxygen atoms in total. The van der Waals surface area contributed by atoms with Crippen LogP contribution in [0.15, 0.2) is 28.7 Å². The molecule has 0 amide bonds. The van der Waals surface area contributed by atoms with Crippen LogP contribution < -0.4 is 5.43 Å². The van der Waals surface area contributed by atoms with E-state index in [-0.39, 0.29) is 0 Å². The summed E-state index contributed by atoms with van der Waals surface area (Å²) in [5.74, 6) is -0.405. The van der Waals surface area contributed by atoms with Crippen molar-refractivity contribution in [2.24, 2.45) is 4.47 Å². The predicted molar refractivity (Wildman–Crippen MR) is 58.6 cm³/mol. The standard InChI is InChI=1S/C8H8N2O2S2/c1-12-8(11)6-4-2-3-5-7(6)9-10-14-13/h2-5,9H,1H3. The molecular formula is C8H8N2O2S2. The number of rotatable bonds is 3. The minimum absolute atomic E-state index is 0.405. The third kappa shape index (κ3) is 2.61. The number of carbonyl (C=O) groups is 1. The van der Waals surface area contributed by atoms with E-state index in [0.29, 0.717) is 11.3 Å². The van der Waals surface area contributed by atoms with Gasteiger partial charge in [0, 0.05) is 11.2 Å². The Morgan fingerprint density at radius 1 is 1.57 bits per heavy atom. The van der Waals surface area contributed by atoms with Gasteiger partial charge in [-0.3, -0.25) is 5.43 Å². The zero-order chi connectivity index (χ0) is 10.4. The molecule has 0 aliphatic carbocycles. The van der Waals surface area contributed by atoms with E-state index in [1.54, 1.807) is 24.3 Å². The van der Waals surface area contributed by atoms with Crippen molar-refractivity contribution in [3.63, 3.8) is 0 Å². The molecule has 0 saturated heterocycles. The molecular weight excluding hydrogens is 220 g/mol. The number of ether oxygens (including phenoxy) is 1. The first-order chi connectivity index (χ1) is 6.79. The van der Waals surface area contributed by atoms with E-state index in [2.05, 4.69) is 25.8 Å². The molecule has 0 saturated carbocycles. The maximum atomic E-state index is 11.3. The summed E-state index contributed by atoms with van der Waals surface area (Å²) in [6, 6.07) is 6.91. The van der Waals surface area contributed by atoms with Crippen molar-refractivity contribution in [1.82, 2.24) is 0 Å². The quantitative estimate of drug-likeness (QED) is 0.629. The monoisotopic (exact) mass is 228 g/mol. The van der Waals surface area contributed by atoms with E-state index in [1.807, 2.05) is 0 Å². The Morgan fingerprint density at radius 3 is 2.93 bits per heavy atom. The minimum atomic E-state index is -0.405. The first-order valence-corrected chi connectivity index (χ1v) is 5.42. The fraction of sp³-hybridized carbons (Fsp3) is 0.125. The number of nitrogens with zero attached hydrogens (tertiary/aromatic N) is 1. The van der Waals surface area contributed by atoms with E-state index < -0.39 is 5.97 Å². The molecule has 1 aromatic carbocycles. The van der Waals surface area contributed by atoms with Crippen molar-refractivity contribution in [3.8, 4) is 0 Å². The number of benzene rings is 1. The molecule has 0 bridgehead atoms. The number of para-hydroxylation sites is 1. The number of hydrogen-bond acceptors (Lipinski definition) is 4. The molecule has 0 radical (unpaired) electrons. The summed E-state index contributed by atoms with van der Waals surface area (Å²) in [5.41, 5.74) is 3.67. The van der Waals surface area contributed by atoms with Crippen molar-refractivity contribution in [2.75, 3.05) is 12.5 Å². The van der Waals surface area contributed by atoms with Gasteiger partial charge < -0.3 is 4.74 Å². The van der Waals surface area contributed by atoms with Gasteiger partial charge in [0.2, 0.25) is 0 Å². The summed E-state index contributed by atoms with van der Waals surface area (Å²) >= 11 is 4.56. The van der Waals surface area contributed by atoms with Crippen LogP contribution in [0.5, 0.6) is 0 Å². The molecule has 0 heterocycles. The van der Waals surface area contributed by atoms with Crippen LogP contribution >= 0.6 is 0 Å². The van der Waals surface area contributed by atoms with Crippen molar-refractivity contribution in [2.45, 2.75) is 0 Å². The van der Waals surface area contributed by atoms with Crippen LogP contribution in [0.2, 0.25) is 0 Å². The number of nitrogens with one attached hydrogen (secondary N) is 1. The molecule has 0 unspecified atom stereocenters. The lowest BCUT2D eigenvalue weighted by atomic mass is 10.2. The summed E-state index contributed by atoms with van der Waals surface area (Å²) in [5, 5.41) is 0. The summed E-state index contributed by atoms with van der Waals surface area (Å²) in [6.07, 6.45) is 0.